The van der Waals surface area contributed by atoms with E-state index in [9.17, 15) is 10.1 Å². The van der Waals surface area contributed by atoms with E-state index in [1.54, 1.807) is 19.2 Å². The molecule has 0 aromatic heterocycles. The zero-order valence-corrected chi connectivity index (χ0v) is 12.8. The number of non-ortho nitro benzene ring substituents is 1. The Balaban J connectivity index is 2.18. The average molecular weight is 296 g/mol. The summed E-state index contributed by atoms with van der Waals surface area (Å²) in [6.07, 6.45) is 1.05. The predicted octanol–water partition coefficient (Wildman–Crippen LogP) is 3.55. The lowest BCUT2D eigenvalue weighted by Crippen LogP contribution is -2.35. The number of methoxy groups -OCH3 is 1. The zero-order valence-electron chi connectivity index (χ0n) is 12.0. The molecule has 5 nitrogen and oxygen atoms in total. The Hall–Kier alpha value is -1.43. The number of anilines is 1. The molecule has 0 saturated carbocycles. The van der Waals surface area contributed by atoms with Crippen molar-refractivity contribution in [3.05, 3.63) is 28.3 Å². The molecule has 0 aliphatic carbocycles. The summed E-state index contributed by atoms with van der Waals surface area (Å²) in [5.74, 6) is 2.80. The molecular weight excluding hydrogens is 276 g/mol. The van der Waals surface area contributed by atoms with Crippen LogP contribution in [0.2, 0.25) is 0 Å². The number of nitrogens with one attached hydrogen (secondary N) is 1. The van der Waals surface area contributed by atoms with Crippen LogP contribution in [0.4, 0.5) is 11.4 Å². The summed E-state index contributed by atoms with van der Waals surface area (Å²) >= 11 is 1.92. The molecule has 0 spiro atoms. The normalized spacial score (nSPS) is 21.2. The standard InChI is InChI=1S/C14H20N2O3S/c1-14(2)7-10(8-20-9-14)15-12-6-11(16(17)18)4-5-13(12)19-3/h4-6,10,15H,7-9H2,1-3H3. The molecule has 1 aromatic rings. The Bertz CT molecular complexity index is 505. The molecule has 0 amide bonds. The van der Waals surface area contributed by atoms with Crippen LogP contribution in [0.15, 0.2) is 18.2 Å². The first-order valence-corrected chi connectivity index (χ1v) is 7.73. The monoisotopic (exact) mass is 296 g/mol. The molecule has 6 heteroatoms. The Morgan fingerprint density at radius 3 is 2.85 bits per heavy atom. The molecule has 1 unspecified atom stereocenters. The number of benzene rings is 1. The summed E-state index contributed by atoms with van der Waals surface area (Å²) in [5, 5.41) is 14.3. The van der Waals surface area contributed by atoms with E-state index in [0.29, 0.717) is 17.5 Å². The number of nitrogens with zero attached hydrogens (tertiary/aromatic N) is 1. The molecule has 1 atom stereocenters. The van der Waals surface area contributed by atoms with E-state index < -0.39 is 0 Å². The first-order valence-electron chi connectivity index (χ1n) is 6.58. The van der Waals surface area contributed by atoms with Crippen molar-refractivity contribution in [1.82, 2.24) is 0 Å². The molecule has 0 radical (unpaired) electrons. The number of nitro groups is 1. The molecule has 1 aliphatic rings. The molecule has 1 aromatic carbocycles. The van der Waals surface area contributed by atoms with Gasteiger partial charge in [0.05, 0.1) is 17.7 Å². The van der Waals surface area contributed by atoms with E-state index >= 15 is 0 Å². The second-order valence-corrected chi connectivity index (χ2v) is 6.90. The Morgan fingerprint density at radius 2 is 2.25 bits per heavy atom. The van der Waals surface area contributed by atoms with Crippen molar-refractivity contribution in [1.29, 1.82) is 0 Å². The number of thioether (sulfide) groups is 1. The second kappa shape index (κ2) is 5.91. The quantitative estimate of drug-likeness (QED) is 0.680. The summed E-state index contributed by atoms with van der Waals surface area (Å²) < 4.78 is 5.28. The molecule has 1 aliphatic heterocycles. The van der Waals surface area contributed by atoms with Crippen molar-refractivity contribution in [3.63, 3.8) is 0 Å². The van der Waals surface area contributed by atoms with E-state index in [1.165, 1.54) is 6.07 Å². The predicted molar refractivity (Wildman–Crippen MR) is 82.8 cm³/mol. The third-order valence-corrected chi connectivity index (χ3v) is 4.99. The first kappa shape index (κ1) is 15.0. The minimum Gasteiger partial charge on any atom is -0.495 e. The third kappa shape index (κ3) is 3.56. The fraction of sp³-hybridized carbons (Fsp3) is 0.571. The number of nitro benzene ring substituents is 1. The maximum Gasteiger partial charge on any atom is 0.271 e. The highest BCUT2D eigenvalue weighted by atomic mass is 32.2. The van der Waals surface area contributed by atoms with E-state index in [4.69, 9.17) is 4.74 Å². The maximum atomic E-state index is 10.9. The minimum absolute atomic E-state index is 0.0797. The van der Waals surface area contributed by atoms with Crippen molar-refractivity contribution in [2.45, 2.75) is 26.3 Å². The van der Waals surface area contributed by atoms with E-state index in [2.05, 4.69) is 19.2 Å². The second-order valence-electron chi connectivity index (χ2n) is 5.87. The van der Waals surface area contributed by atoms with Gasteiger partial charge in [-0.15, -0.1) is 0 Å². The van der Waals surface area contributed by atoms with Gasteiger partial charge in [0.15, 0.2) is 0 Å². The van der Waals surface area contributed by atoms with Gasteiger partial charge in [0, 0.05) is 23.9 Å². The van der Waals surface area contributed by atoms with Crippen LogP contribution in [-0.4, -0.2) is 29.6 Å². The molecule has 0 bridgehead atoms. The van der Waals surface area contributed by atoms with Gasteiger partial charge in [0.1, 0.15) is 5.75 Å². The van der Waals surface area contributed by atoms with Crippen LogP contribution in [0.25, 0.3) is 0 Å². The van der Waals surface area contributed by atoms with Crippen LogP contribution in [0.3, 0.4) is 0 Å². The van der Waals surface area contributed by atoms with Crippen LogP contribution >= 0.6 is 11.8 Å². The van der Waals surface area contributed by atoms with Gasteiger partial charge in [-0.25, -0.2) is 0 Å². The van der Waals surface area contributed by atoms with Crippen molar-refractivity contribution < 1.29 is 9.66 Å². The lowest BCUT2D eigenvalue weighted by atomic mass is 9.88. The summed E-state index contributed by atoms with van der Waals surface area (Å²) in [6.45, 7) is 4.50. The molecular formula is C14H20N2O3S. The summed E-state index contributed by atoms with van der Waals surface area (Å²) in [7, 11) is 1.58. The molecule has 1 N–H and O–H groups in total. The number of ether oxygens (including phenoxy) is 1. The van der Waals surface area contributed by atoms with E-state index in [0.717, 1.165) is 17.9 Å². The largest absolute Gasteiger partial charge is 0.495 e. The summed E-state index contributed by atoms with van der Waals surface area (Å²) in [6, 6.07) is 4.95. The van der Waals surface area contributed by atoms with Crippen LogP contribution in [0, 0.1) is 15.5 Å². The lowest BCUT2D eigenvalue weighted by molar-refractivity contribution is -0.384. The maximum absolute atomic E-state index is 10.9. The van der Waals surface area contributed by atoms with Crippen LogP contribution in [0.5, 0.6) is 5.75 Å². The smallest absolute Gasteiger partial charge is 0.271 e. The van der Waals surface area contributed by atoms with Crippen LogP contribution in [0.1, 0.15) is 20.3 Å². The molecule has 2 rings (SSSR count). The summed E-state index contributed by atoms with van der Waals surface area (Å²) in [5.41, 5.74) is 1.06. The van der Waals surface area contributed by atoms with Crippen LogP contribution < -0.4 is 10.1 Å². The van der Waals surface area contributed by atoms with Gasteiger partial charge in [-0.2, -0.15) is 11.8 Å². The highest BCUT2D eigenvalue weighted by Crippen LogP contribution is 2.37. The third-order valence-electron chi connectivity index (χ3n) is 3.36. The van der Waals surface area contributed by atoms with Gasteiger partial charge in [-0.3, -0.25) is 10.1 Å². The SMILES string of the molecule is COc1ccc([N+](=O)[O-])cc1NC1CSCC(C)(C)C1. The highest BCUT2D eigenvalue weighted by molar-refractivity contribution is 7.99. The fourth-order valence-electron chi connectivity index (χ4n) is 2.50. The van der Waals surface area contributed by atoms with Gasteiger partial charge >= 0.3 is 0 Å². The number of hydrogen-bond donors (Lipinski definition) is 1. The topological polar surface area (TPSA) is 64.4 Å². The Kier molecular flexibility index (Phi) is 4.42. The van der Waals surface area contributed by atoms with Crippen molar-refractivity contribution in [2.24, 2.45) is 5.41 Å². The van der Waals surface area contributed by atoms with Crippen molar-refractivity contribution >= 4 is 23.1 Å². The van der Waals surface area contributed by atoms with Crippen LogP contribution in [-0.2, 0) is 0 Å². The molecule has 110 valence electrons. The zero-order chi connectivity index (χ0) is 14.8. The van der Waals surface area contributed by atoms with E-state index in [1.807, 2.05) is 11.8 Å². The van der Waals surface area contributed by atoms with Gasteiger partial charge < -0.3 is 10.1 Å². The average Bonchev–Trinajstić information content (AvgIpc) is 2.37. The van der Waals surface area contributed by atoms with Gasteiger partial charge in [-0.05, 0) is 23.7 Å². The van der Waals surface area contributed by atoms with E-state index in [-0.39, 0.29) is 16.0 Å². The highest BCUT2D eigenvalue weighted by Gasteiger charge is 2.29. The molecule has 1 saturated heterocycles. The van der Waals surface area contributed by atoms with Gasteiger partial charge in [-0.1, -0.05) is 13.8 Å². The lowest BCUT2D eigenvalue weighted by Gasteiger charge is -2.35. The Labute approximate surface area is 123 Å². The van der Waals surface area contributed by atoms with Gasteiger partial charge in [0.25, 0.3) is 5.69 Å². The van der Waals surface area contributed by atoms with Crippen molar-refractivity contribution in [3.8, 4) is 5.75 Å². The molecule has 20 heavy (non-hydrogen) atoms. The molecule has 1 heterocycles. The number of hydrogen-bond acceptors (Lipinski definition) is 5. The summed E-state index contributed by atoms with van der Waals surface area (Å²) in [4.78, 5) is 10.5. The Morgan fingerprint density at radius 1 is 1.50 bits per heavy atom. The van der Waals surface area contributed by atoms with Gasteiger partial charge in [0.2, 0.25) is 0 Å². The van der Waals surface area contributed by atoms with Crippen molar-refractivity contribution in [2.75, 3.05) is 23.9 Å². The first-order chi connectivity index (χ1) is 9.41. The number of rotatable bonds is 4. The minimum atomic E-state index is -0.385. The fourth-order valence-corrected chi connectivity index (χ4v) is 3.77. The molecule has 1 fully saturated rings.